The Morgan fingerprint density at radius 1 is 1.00 bits per heavy atom. The summed E-state index contributed by atoms with van der Waals surface area (Å²) in [6.07, 6.45) is 0. The first-order valence-corrected chi connectivity index (χ1v) is 7.56. The van der Waals surface area contributed by atoms with Crippen molar-refractivity contribution < 1.29 is 4.79 Å². The second kappa shape index (κ2) is 6.12. The lowest BCUT2D eigenvalue weighted by molar-refractivity contribution is 0.103. The van der Waals surface area contributed by atoms with Crippen LogP contribution >= 0.6 is 62.3 Å². The summed E-state index contributed by atoms with van der Waals surface area (Å²) in [4.78, 5) is 12.6. The monoisotopic (exact) mass is 411 g/mol. The second-order valence-corrected chi connectivity index (χ2v) is 6.34. The number of nitrogen functional groups attached to an aromatic ring is 1. The number of rotatable bonds is 2. The summed E-state index contributed by atoms with van der Waals surface area (Å²) in [7, 11) is 0. The van der Waals surface area contributed by atoms with E-state index in [1.807, 2.05) is 0 Å². The molecule has 0 aromatic heterocycles. The molecule has 2 rings (SSSR count). The predicted octanol–water partition coefficient (Wildman–Crippen LogP) is 5.88. The Bertz CT molecular complexity index is 718. The van der Waals surface area contributed by atoms with E-state index in [0.29, 0.717) is 15.7 Å². The van der Waals surface area contributed by atoms with Gasteiger partial charge in [-0.2, -0.15) is 0 Å². The Morgan fingerprint density at radius 2 is 1.65 bits per heavy atom. The first-order chi connectivity index (χ1) is 9.32. The number of benzene rings is 2. The molecular weight excluding hydrogens is 408 g/mol. The maximum Gasteiger partial charge on any atom is 0.197 e. The maximum absolute atomic E-state index is 12.6. The van der Waals surface area contributed by atoms with Crippen LogP contribution in [0.2, 0.25) is 20.1 Å². The third-order valence-corrected chi connectivity index (χ3v) is 4.83. The second-order valence-electron chi connectivity index (χ2n) is 3.91. The number of carbonyl (C=O) groups is 1. The fourth-order valence-corrected chi connectivity index (χ4v) is 3.14. The number of ketones is 1. The molecule has 0 amide bonds. The summed E-state index contributed by atoms with van der Waals surface area (Å²) in [5.41, 5.74) is 6.57. The molecule has 2 aromatic rings. The van der Waals surface area contributed by atoms with Crippen molar-refractivity contribution in [3.05, 3.63) is 60.0 Å². The summed E-state index contributed by atoms with van der Waals surface area (Å²) in [6, 6.07) is 6.24. The van der Waals surface area contributed by atoms with Gasteiger partial charge in [-0.25, -0.2) is 0 Å². The minimum absolute atomic E-state index is 0.0171. The molecule has 0 fully saturated rings. The van der Waals surface area contributed by atoms with Crippen molar-refractivity contribution in [3.8, 4) is 0 Å². The van der Waals surface area contributed by atoms with Gasteiger partial charge in [-0.3, -0.25) is 4.79 Å². The Morgan fingerprint density at radius 3 is 2.30 bits per heavy atom. The van der Waals surface area contributed by atoms with Crippen molar-refractivity contribution in [3.63, 3.8) is 0 Å². The van der Waals surface area contributed by atoms with E-state index >= 15 is 0 Å². The quantitative estimate of drug-likeness (QED) is 0.289. The third kappa shape index (κ3) is 2.92. The van der Waals surface area contributed by atoms with E-state index < -0.39 is 5.78 Å². The zero-order chi connectivity index (χ0) is 15.0. The summed E-state index contributed by atoms with van der Waals surface area (Å²) in [5, 5.41) is 0.415. The van der Waals surface area contributed by atoms with Crippen LogP contribution in [0.15, 0.2) is 28.7 Å². The number of nitrogens with two attached hydrogens (primary N) is 1. The average molecular weight is 414 g/mol. The molecule has 0 unspecified atom stereocenters. The third-order valence-electron chi connectivity index (χ3n) is 2.58. The Kier molecular flexibility index (Phi) is 4.88. The van der Waals surface area contributed by atoms with Crippen molar-refractivity contribution >= 4 is 73.8 Å². The molecule has 0 aliphatic carbocycles. The van der Waals surface area contributed by atoms with Gasteiger partial charge < -0.3 is 5.73 Å². The van der Waals surface area contributed by atoms with Crippen molar-refractivity contribution in [1.82, 2.24) is 0 Å². The largest absolute Gasteiger partial charge is 0.399 e. The molecule has 0 atom stereocenters. The highest BCUT2D eigenvalue weighted by molar-refractivity contribution is 9.10. The van der Waals surface area contributed by atoms with Crippen LogP contribution in [-0.4, -0.2) is 5.78 Å². The topological polar surface area (TPSA) is 43.1 Å². The fraction of sp³-hybridized carbons (Fsp3) is 0. The highest BCUT2D eigenvalue weighted by Gasteiger charge is 2.22. The molecule has 2 nitrogen and oxygen atoms in total. The predicted molar refractivity (Wildman–Crippen MR) is 88.5 cm³/mol. The number of hydrogen-bond acceptors (Lipinski definition) is 2. The van der Waals surface area contributed by atoms with Crippen LogP contribution in [0.4, 0.5) is 5.69 Å². The van der Waals surface area contributed by atoms with E-state index in [-0.39, 0.29) is 25.7 Å². The molecule has 2 N–H and O–H groups in total. The van der Waals surface area contributed by atoms with E-state index in [0.717, 1.165) is 0 Å². The normalized spacial score (nSPS) is 10.7. The van der Waals surface area contributed by atoms with Crippen LogP contribution in [0.3, 0.4) is 0 Å². The summed E-state index contributed by atoms with van der Waals surface area (Å²) < 4.78 is 0.579. The summed E-state index contributed by atoms with van der Waals surface area (Å²) in [5.74, 6) is -0.391. The van der Waals surface area contributed by atoms with Crippen LogP contribution in [0.1, 0.15) is 15.9 Å². The van der Waals surface area contributed by atoms with Crippen molar-refractivity contribution in [1.29, 1.82) is 0 Å². The van der Waals surface area contributed by atoms with Crippen molar-refractivity contribution in [2.45, 2.75) is 0 Å². The lowest BCUT2D eigenvalue weighted by atomic mass is 10.0. The SMILES string of the molecule is Nc1ccc(Br)c(C(=O)c2c(Cl)cc(Cl)c(Cl)c2Cl)c1. The van der Waals surface area contributed by atoms with Gasteiger partial charge in [0.25, 0.3) is 0 Å². The standard InChI is InChI=1S/C13H6BrCl4NO/c14-7-2-1-5(19)3-6(7)13(20)10-8(15)4-9(16)11(17)12(10)18/h1-4H,19H2. The molecule has 0 saturated carbocycles. The lowest BCUT2D eigenvalue weighted by Crippen LogP contribution is -2.05. The number of anilines is 1. The molecular formula is C13H6BrCl4NO. The van der Waals surface area contributed by atoms with E-state index in [2.05, 4.69) is 15.9 Å². The summed E-state index contributed by atoms with van der Waals surface area (Å²) >= 11 is 27.2. The maximum atomic E-state index is 12.6. The average Bonchev–Trinajstić information content (AvgIpc) is 2.39. The van der Waals surface area contributed by atoms with Gasteiger partial charge in [-0.05, 0) is 24.3 Å². The molecule has 0 aliphatic rings. The highest BCUT2D eigenvalue weighted by Crippen LogP contribution is 2.39. The van der Waals surface area contributed by atoms with Crippen LogP contribution in [0.5, 0.6) is 0 Å². The van der Waals surface area contributed by atoms with Crippen molar-refractivity contribution in [2.75, 3.05) is 5.73 Å². The Hall–Kier alpha value is -0.450. The summed E-state index contributed by atoms with van der Waals surface area (Å²) in [6.45, 7) is 0. The molecule has 104 valence electrons. The van der Waals surface area contributed by atoms with Gasteiger partial charge in [-0.15, -0.1) is 0 Å². The van der Waals surface area contributed by atoms with Gasteiger partial charge in [0.1, 0.15) is 0 Å². The molecule has 0 aliphatic heterocycles. The van der Waals surface area contributed by atoms with E-state index in [1.165, 1.54) is 12.1 Å². The van der Waals surface area contributed by atoms with Crippen LogP contribution < -0.4 is 5.73 Å². The van der Waals surface area contributed by atoms with Crippen LogP contribution in [0.25, 0.3) is 0 Å². The minimum Gasteiger partial charge on any atom is -0.399 e. The van der Waals surface area contributed by atoms with E-state index in [1.54, 1.807) is 12.1 Å². The number of halogens is 5. The lowest BCUT2D eigenvalue weighted by Gasteiger charge is -2.11. The van der Waals surface area contributed by atoms with Crippen LogP contribution in [-0.2, 0) is 0 Å². The van der Waals surface area contributed by atoms with Gasteiger partial charge in [0, 0.05) is 15.7 Å². The number of hydrogen-bond donors (Lipinski definition) is 1. The Balaban J connectivity index is 2.66. The smallest absolute Gasteiger partial charge is 0.197 e. The van der Waals surface area contributed by atoms with Gasteiger partial charge in [0.05, 0.1) is 25.7 Å². The first-order valence-electron chi connectivity index (χ1n) is 5.25. The van der Waals surface area contributed by atoms with Gasteiger partial charge >= 0.3 is 0 Å². The highest BCUT2D eigenvalue weighted by atomic mass is 79.9. The molecule has 0 bridgehead atoms. The molecule has 0 saturated heterocycles. The van der Waals surface area contributed by atoms with Gasteiger partial charge in [0.2, 0.25) is 0 Å². The van der Waals surface area contributed by atoms with Crippen molar-refractivity contribution in [2.24, 2.45) is 0 Å². The minimum atomic E-state index is -0.391. The number of carbonyl (C=O) groups excluding carboxylic acids is 1. The zero-order valence-corrected chi connectivity index (χ0v) is 14.3. The Labute approximate surface area is 143 Å². The molecule has 2 aromatic carbocycles. The first kappa shape index (κ1) is 15.9. The molecule has 0 heterocycles. The van der Waals surface area contributed by atoms with Crippen LogP contribution in [0, 0.1) is 0 Å². The molecule has 20 heavy (non-hydrogen) atoms. The molecule has 0 spiro atoms. The molecule has 0 radical (unpaired) electrons. The van der Waals surface area contributed by atoms with Gasteiger partial charge in [0.15, 0.2) is 5.78 Å². The zero-order valence-electron chi connectivity index (χ0n) is 9.68. The fourth-order valence-electron chi connectivity index (χ4n) is 1.63. The van der Waals surface area contributed by atoms with Gasteiger partial charge in [-0.1, -0.05) is 62.3 Å². The van der Waals surface area contributed by atoms with E-state index in [9.17, 15) is 4.79 Å². The molecule has 7 heteroatoms. The van der Waals surface area contributed by atoms with E-state index in [4.69, 9.17) is 52.1 Å².